The van der Waals surface area contributed by atoms with E-state index in [1.807, 2.05) is 13.0 Å². The van der Waals surface area contributed by atoms with Crippen molar-refractivity contribution in [1.82, 2.24) is 0 Å². The number of carbonyl (C=O) groups is 1. The molecular weight excluding hydrogens is 283 g/mol. The van der Waals surface area contributed by atoms with Crippen LogP contribution in [0.4, 0.5) is 0 Å². The number of hydrogen-bond donors (Lipinski definition) is 0. The van der Waals surface area contributed by atoms with E-state index in [1.54, 1.807) is 37.4 Å². The van der Waals surface area contributed by atoms with Gasteiger partial charge in [-0.05, 0) is 42.8 Å². The van der Waals surface area contributed by atoms with Crippen molar-refractivity contribution in [2.45, 2.75) is 6.92 Å². The zero-order valence-corrected chi connectivity index (χ0v) is 12.0. The Bertz CT molecular complexity index is 636. The summed E-state index contributed by atoms with van der Waals surface area (Å²) in [5, 5.41) is 0.656. The molecule has 0 fully saturated rings. The van der Waals surface area contributed by atoms with Crippen molar-refractivity contribution in [3.05, 3.63) is 63.1 Å². The summed E-state index contributed by atoms with van der Waals surface area (Å²) in [6, 6.07) is 10.3. The van der Waals surface area contributed by atoms with Crippen molar-refractivity contribution in [2.75, 3.05) is 7.11 Å². The van der Waals surface area contributed by atoms with Crippen molar-refractivity contribution >= 4 is 29.0 Å². The number of ether oxygens (including phenoxy) is 1. The Morgan fingerprint density at radius 2 is 1.84 bits per heavy atom. The van der Waals surface area contributed by atoms with Crippen LogP contribution in [0.2, 0.25) is 10.0 Å². The van der Waals surface area contributed by atoms with Crippen LogP contribution in [0, 0.1) is 6.92 Å². The fourth-order valence-electron chi connectivity index (χ4n) is 1.84. The minimum Gasteiger partial charge on any atom is -0.497 e. The normalized spacial score (nSPS) is 10.3. The standard InChI is InChI=1S/C15H12Cl2O2/c1-9-8-10(19-2)6-7-11(9)15(18)12-4-3-5-13(16)14(12)17/h3-8H,1-2H3. The van der Waals surface area contributed by atoms with E-state index in [2.05, 4.69) is 0 Å². The molecule has 0 spiro atoms. The lowest BCUT2D eigenvalue weighted by molar-refractivity contribution is 0.103. The first kappa shape index (κ1) is 13.9. The van der Waals surface area contributed by atoms with Gasteiger partial charge in [-0.25, -0.2) is 0 Å². The van der Waals surface area contributed by atoms with Crippen LogP contribution in [0.5, 0.6) is 5.75 Å². The minimum absolute atomic E-state index is 0.146. The summed E-state index contributed by atoms with van der Waals surface area (Å²) in [5.74, 6) is 0.568. The molecule has 0 saturated carbocycles. The Morgan fingerprint density at radius 3 is 2.47 bits per heavy atom. The van der Waals surface area contributed by atoms with Crippen molar-refractivity contribution in [3.63, 3.8) is 0 Å². The second-order valence-electron chi connectivity index (χ2n) is 4.11. The number of rotatable bonds is 3. The molecule has 19 heavy (non-hydrogen) atoms. The fraction of sp³-hybridized carbons (Fsp3) is 0.133. The second-order valence-corrected chi connectivity index (χ2v) is 4.90. The molecule has 2 aromatic carbocycles. The first-order chi connectivity index (χ1) is 9.04. The molecule has 0 amide bonds. The summed E-state index contributed by atoms with van der Waals surface area (Å²) in [6.45, 7) is 1.86. The van der Waals surface area contributed by atoms with Crippen LogP contribution < -0.4 is 4.74 Å². The predicted octanol–water partition coefficient (Wildman–Crippen LogP) is 4.54. The SMILES string of the molecule is COc1ccc(C(=O)c2cccc(Cl)c2Cl)c(C)c1. The van der Waals surface area contributed by atoms with Crippen molar-refractivity contribution in [1.29, 1.82) is 0 Å². The van der Waals surface area contributed by atoms with Crippen LogP contribution in [-0.4, -0.2) is 12.9 Å². The van der Waals surface area contributed by atoms with Gasteiger partial charge in [0, 0.05) is 11.1 Å². The van der Waals surface area contributed by atoms with E-state index in [1.165, 1.54) is 0 Å². The molecule has 98 valence electrons. The number of carbonyl (C=O) groups excluding carboxylic acids is 1. The summed E-state index contributed by atoms with van der Waals surface area (Å²) in [6.07, 6.45) is 0. The largest absolute Gasteiger partial charge is 0.497 e. The summed E-state index contributed by atoms with van der Waals surface area (Å²) in [7, 11) is 1.59. The van der Waals surface area contributed by atoms with Gasteiger partial charge in [0.1, 0.15) is 5.75 Å². The van der Waals surface area contributed by atoms with E-state index in [0.717, 1.165) is 5.56 Å². The van der Waals surface area contributed by atoms with E-state index in [9.17, 15) is 4.79 Å². The third-order valence-corrected chi connectivity index (χ3v) is 3.69. The molecule has 0 radical (unpaired) electrons. The molecule has 0 N–H and O–H groups in total. The lowest BCUT2D eigenvalue weighted by Gasteiger charge is -2.09. The van der Waals surface area contributed by atoms with Gasteiger partial charge in [0.25, 0.3) is 0 Å². The predicted molar refractivity (Wildman–Crippen MR) is 77.6 cm³/mol. The maximum atomic E-state index is 12.5. The first-order valence-electron chi connectivity index (χ1n) is 5.68. The van der Waals surface area contributed by atoms with Gasteiger partial charge in [-0.15, -0.1) is 0 Å². The molecule has 0 unspecified atom stereocenters. The summed E-state index contributed by atoms with van der Waals surface area (Å²) < 4.78 is 5.12. The van der Waals surface area contributed by atoms with Crippen LogP contribution in [0.15, 0.2) is 36.4 Å². The molecule has 0 saturated heterocycles. The van der Waals surface area contributed by atoms with E-state index >= 15 is 0 Å². The second kappa shape index (κ2) is 5.64. The Labute approximate surface area is 121 Å². The lowest BCUT2D eigenvalue weighted by Crippen LogP contribution is -2.05. The molecular formula is C15H12Cl2O2. The van der Waals surface area contributed by atoms with Crippen LogP contribution in [0.1, 0.15) is 21.5 Å². The van der Waals surface area contributed by atoms with Crippen LogP contribution >= 0.6 is 23.2 Å². The van der Waals surface area contributed by atoms with Gasteiger partial charge in [0.15, 0.2) is 5.78 Å². The van der Waals surface area contributed by atoms with Gasteiger partial charge in [-0.3, -0.25) is 4.79 Å². The van der Waals surface area contributed by atoms with Crippen molar-refractivity contribution in [2.24, 2.45) is 0 Å². The van der Waals surface area contributed by atoms with Gasteiger partial charge in [0.05, 0.1) is 17.2 Å². The quantitative estimate of drug-likeness (QED) is 0.777. The van der Waals surface area contributed by atoms with Crippen LogP contribution in [0.25, 0.3) is 0 Å². The van der Waals surface area contributed by atoms with Crippen molar-refractivity contribution in [3.8, 4) is 5.75 Å². The Hall–Kier alpha value is -1.51. The maximum absolute atomic E-state index is 12.5. The van der Waals surface area contributed by atoms with Crippen LogP contribution in [-0.2, 0) is 0 Å². The molecule has 2 nitrogen and oxygen atoms in total. The molecule has 0 bridgehead atoms. The monoisotopic (exact) mass is 294 g/mol. The zero-order valence-electron chi connectivity index (χ0n) is 10.5. The molecule has 2 aromatic rings. The smallest absolute Gasteiger partial charge is 0.194 e. The number of hydrogen-bond acceptors (Lipinski definition) is 2. The first-order valence-corrected chi connectivity index (χ1v) is 6.43. The molecule has 0 aliphatic rings. The van der Waals surface area contributed by atoms with Gasteiger partial charge in [-0.2, -0.15) is 0 Å². The summed E-state index contributed by atoms with van der Waals surface area (Å²) >= 11 is 12.0. The molecule has 0 heterocycles. The van der Waals surface area contributed by atoms with Gasteiger partial charge in [0.2, 0.25) is 0 Å². The van der Waals surface area contributed by atoms with E-state index in [-0.39, 0.29) is 10.8 Å². The molecule has 0 aromatic heterocycles. The summed E-state index contributed by atoms with van der Waals surface area (Å²) in [4.78, 5) is 12.5. The minimum atomic E-state index is -0.146. The molecule has 0 atom stereocenters. The Balaban J connectivity index is 2.47. The van der Waals surface area contributed by atoms with Crippen molar-refractivity contribution < 1.29 is 9.53 Å². The third-order valence-electron chi connectivity index (χ3n) is 2.87. The number of halogens is 2. The highest BCUT2D eigenvalue weighted by Gasteiger charge is 2.16. The summed E-state index contributed by atoms with van der Waals surface area (Å²) in [5.41, 5.74) is 1.83. The van der Waals surface area contributed by atoms with Gasteiger partial charge in [-0.1, -0.05) is 29.3 Å². The lowest BCUT2D eigenvalue weighted by atomic mass is 9.99. The Morgan fingerprint density at radius 1 is 1.11 bits per heavy atom. The topological polar surface area (TPSA) is 26.3 Å². The average Bonchev–Trinajstić information content (AvgIpc) is 2.41. The van der Waals surface area contributed by atoms with E-state index in [0.29, 0.717) is 21.9 Å². The van der Waals surface area contributed by atoms with Crippen LogP contribution in [0.3, 0.4) is 0 Å². The highest BCUT2D eigenvalue weighted by atomic mass is 35.5. The maximum Gasteiger partial charge on any atom is 0.194 e. The molecule has 2 rings (SSSR count). The van der Waals surface area contributed by atoms with Gasteiger partial charge >= 0.3 is 0 Å². The highest BCUT2D eigenvalue weighted by molar-refractivity contribution is 6.44. The number of aryl methyl sites for hydroxylation is 1. The average molecular weight is 295 g/mol. The molecule has 4 heteroatoms. The van der Waals surface area contributed by atoms with E-state index in [4.69, 9.17) is 27.9 Å². The fourth-order valence-corrected chi connectivity index (χ4v) is 2.23. The van der Waals surface area contributed by atoms with E-state index < -0.39 is 0 Å². The molecule has 0 aliphatic heterocycles. The Kier molecular flexibility index (Phi) is 4.13. The van der Waals surface area contributed by atoms with Gasteiger partial charge < -0.3 is 4.74 Å². The number of methoxy groups -OCH3 is 1. The highest BCUT2D eigenvalue weighted by Crippen LogP contribution is 2.28. The zero-order chi connectivity index (χ0) is 14.0. The number of benzene rings is 2. The third kappa shape index (κ3) is 2.75. The number of ketones is 1. The molecule has 0 aliphatic carbocycles.